The van der Waals surface area contributed by atoms with Crippen molar-refractivity contribution in [3.05, 3.63) is 64.7 Å². The number of ether oxygens (including phenoxy) is 2. The number of methoxy groups -OCH3 is 1. The molecule has 0 aromatic heterocycles. The molecule has 112 valence electrons. The van der Waals surface area contributed by atoms with Crippen molar-refractivity contribution in [2.75, 3.05) is 13.7 Å². The summed E-state index contributed by atoms with van der Waals surface area (Å²) < 4.78 is 10.8. The van der Waals surface area contributed by atoms with Gasteiger partial charge in [0.1, 0.15) is 18.5 Å². The number of benzene rings is 2. The van der Waals surface area contributed by atoms with E-state index in [0.29, 0.717) is 6.61 Å². The molecule has 0 saturated heterocycles. The molecule has 0 aliphatic rings. The van der Waals surface area contributed by atoms with Crippen molar-refractivity contribution in [1.82, 2.24) is 0 Å². The van der Waals surface area contributed by atoms with Crippen LogP contribution in [0.4, 0.5) is 0 Å². The van der Waals surface area contributed by atoms with E-state index >= 15 is 0 Å². The van der Waals surface area contributed by atoms with Gasteiger partial charge in [-0.25, -0.2) is 0 Å². The maximum Gasteiger partial charge on any atom is 0.119 e. The molecule has 0 heterocycles. The minimum absolute atomic E-state index is 0.235. The van der Waals surface area contributed by atoms with Crippen LogP contribution in [0.3, 0.4) is 0 Å². The van der Waals surface area contributed by atoms with E-state index in [1.165, 1.54) is 0 Å². The quantitative estimate of drug-likeness (QED) is 0.882. The summed E-state index contributed by atoms with van der Waals surface area (Å²) >= 11 is 0. The first-order chi connectivity index (χ1) is 10.1. The highest BCUT2D eigenvalue weighted by molar-refractivity contribution is 5.31. The zero-order valence-electron chi connectivity index (χ0n) is 12.8. The van der Waals surface area contributed by atoms with E-state index in [1.807, 2.05) is 50.2 Å². The van der Waals surface area contributed by atoms with Crippen LogP contribution in [0, 0.1) is 13.8 Å². The van der Waals surface area contributed by atoms with Crippen LogP contribution in [0.15, 0.2) is 42.5 Å². The Morgan fingerprint density at radius 2 is 1.76 bits per heavy atom. The van der Waals surface area contributed by atoms with Crippen molar-refractivity contribution in [2.24, 2.45) is 0 Å². The van der Waals surface area contributed by atoms with Gasteiger partial charge in [0.05, 0.1) is 6.61 Å². The van der Waals surface area contributed by atoms with Gasteiger partial charge in [0.2, 0.25) is 0 Å². The minimum atomic E-state index is -0.630. The van der Waals surface area contributed by atoms with E-state index in [1.54, 1.807) is 7.11 Å². The topological polar surface area (TPSA) is 38.7 Å². The van der Waals surface area contributed by atoms with Crippen LogP contribution < -0.4 is 4.74 Å². The second kappa shape index (κ2) is 7.25. The molecule has 2 rings (SSSR count). The zero-order valence-corrected chi connectivity index (χ0v) is 12.8. The van der Waals surface area contributed by atoms with Gasteiger partial charge in [0.25, 0.3) is 0 Å². The van der Waals surface area contributed by atoms with E-state index in [0.717, 1.165) is 28.0 Å². The van der Waals surface area contributed by atoms with Crippen molar-refractivity contribution >= 4 is 0 Å². The molecule has 2 aromatic carbocycles. The van der Waals surface area contributed by atoms with Crippen molar-refractivity contribution in [2.45, 2.75) is 26.6 Å². The fraction of sp³-hybridized carbons (Fsp3) is 0.333. The molecule has 0 spiro atoms. The number of aryl methyl sites for hydroxylation is 2. The Kier molecular flexibility index (Phi) is 5.37. The van der Waals surface area contributed by atoms with Crippen molar-refractivity contribution in [3.63, 3.8) is 0 Å². The summed E-state index contributed by atoms with van der Waals surface area (Å²) in [5, 5.41) is 10.3. The second-order valence-corrected chi connectivity index (χ2v) is 5.33. The fourth-order valence-electron chi connectivity index (χ4n) is 2.37. The largest absolute Gasteiger partial charge is 0.491 e. The number of hydrogen-bond acceptors (Lipinski definition) is 3. The zero-order chi connectivity index (χ0) is 15.2. The third kappa shape index (κ3) is 4.59. The number of rotatable bonds is 6. The Morgan fingerprint density at radius 1 is 1.05 bits per heavy atom. The summed E-state index contributed by atoms with van der Waals surface area (Å²) in [6, 6.07) is 13.8. The molecule has 21 heavy (non-hydrogen) atoms. The average Bonchev–Trinajstić information content (AvgIpc) is 2.44. The first-order valence-corrected chi connectivity index (χ1v) is 7.05. The summed E-state index contributed by atoms with van der Waals surface area (Å²) in [5.41, 5.74) is 4.23. The Bertz CT molecular complexity index is 573. The van der Waals surface area contributed by atoms with Crippen LogP contribution in [-0.2, 0) is 11.3 Å². The molecule has 1 N–H and O–H groups in total. The highest BCUT2D eigenvalue weighted by atomic mass is 16.5. The lowest BCUT2D eigenvalue weighted by Gasteiger charge is -2.14. The Morgan fingerprint density at radius 3 is 2.43 bits per heavy atom. The SMILES string of the molecule is COCc1cccc(OCC(O)c2cc(C)cc(C)c2)c1. The van der Waals surface area contributed by atoms with Gasteiger partial charge in [0, 0.05) is 7.11 Å². The van der Waals surface area contributed by atoms with Gasteiger partial charge in [-0.15, -0.1) is 0 Å². The third-order valence-corrected chi connectivity index (χ3v) is 3.25. The monoisotopic (exact) mass is 286 g/mol. The van der Waals surface area contributed by atoms with Gasteiger partial charge in [-0.2, -0.15) is 0 Å². The first-order valence-electron chi connectivity index (χ1n) is 7.05. The summed E-state index contributed by atoms with van der Waals surface area (Å²) in [6.45, 7) is 4.84. The standard InChI is InChI=1S/C18H22O3/c1-13-7-14(2)9-16(8-13)18(19)12-21-17-6-4-5-15(10-17)11-20-3/h4-10,18-19H,11-12H2,1-3H3. The lowest BCUT2D eigenvalue weighted by molar-refractivity contribution is 0.108. The molecule has 0 amide bonds. The van der Waals surface area contributed by atoms with Gasteiger partial charge in [-0.1, -0.05) is 41.5 Å². The molecule has 0 saturated carbocycles. The molecule has 3 nitrogen and oxygen atoms in total. The number of hydrogen-bond donors (Lipinski definition) is 1. The summed E-state index contributed by atoms with van der Waals surface area (Å²) in [7, 11) is 1.66. The summed E-state index contributed by atoms with van der Waals surface area (Å²) in [6.07, 6.45) is -0.630. The average molecular weight is 286 g/mol. The maximum absolute atomic E-state index is 10.3. The van der Waals surface area contributed by atoms with E-state index in [4.69, 9.17) is 9.47 Å². The Labute approximate surface area is 126 Å². The molecule has 0 fully saturated rings. The van der Waals surface area contributed by atoms with E-state index < -0.39 is 6.10 Å². The summed E-state index contributed by atoms with van der Waals surface area (Å²) in [4.78, 5) is 0. The maximum atomic E-state index is 10.3. The van der Waals surface area contributed by atoms with Gasteiger partial charge < -0.3 is 14.6 Å². The van der Waals surface area contributed by atoms with Gasteiger partial charge in [0.15, 0.2) is 0 Å². The van der Waals surface area contributed by atoms with Crippen molar-refractivity contribution < 1.29 is 14.6 Å². The highest BCUT2D eigenvalue weighted by Gasteiger charge is 2.09. The molecule has 0 radical (unpaired) electrons. The first kappa shape index (κ1) is 15.5. The van der Waals surface area contributed by atoms with Crippen LogP contribution in [0.2, 0.25) is 0 Å². The highest BCUT2D eigenvalue weighted by Crippen LogP contribution is 2.20. The fourth-order valence-corrected chi connectivity index (χ4v) is 2.37. The lowest BCUT2D eigenvalue weighted by Crippen LogP contribution is -2.10. The molecule has 0 aliphatic carbocycles. The van der Waals surface area contributed by atoms with Gasteiger partial charge in [-0.3, -0.25) is 0 Å². The van der Waals surface area contributed by atoms with Gasteiger partial charge in [-0.05, 0) is 37.1 Å². The molecule has 1 atom stereocenters. The van der Waals surface area contributed by atoms with Crippen LogP contribution in [0.25, 0.3) is 0 Å². The van der Waals surface area contributed by atoms with E-state index in [-0.39, 0.29) is 6.61 Å². The van der Waals surface area contributed by atoms with Crippen LogP contribution in [0.5, 0.6) is 5.75 Å². The molecule has 3 heteroatoms. The third-order valence-electron chi connectivity index (χ3n) is 3.25. The summed E-state index contributed by atoms with van der Waals surface area (Å²) in [5.74, 6) is 0.743. The predicted molar refractivity (Wildman–Crippen MR) is 83.5 cm³/mol. The molecule has 0 aliphatic heterocycles. The predicted octanol–water partition coefficient (Wildman–Crippen LogP) is 3.56. The molecule has 1 unspecified atom stereocenters. The molecular weight excluding hydrogens is 264 g/mol. The molecule has 0 bridgehead atoms. The number of aliphatic hydroxyl groups excluding tert-OH is 1. The smallest absolute Gasteiger partial charge is 0.119 e. The normalized spacial score (nSPS) is 12.2. The van der Waals surface area contributed by atoms with Crippen molar-refractivity contribution in [3.8, 4) is 5.75 Å². The van der Waals surface area contributed by atoms with Crippen LogP contribution in [0.1, 0.15) is 28.4 Å². The lowest BCUT2D eigenvalue weighted by atomic mass is 10.0. The molecule has 2 aromatic rings. The molecular formula is C18H22O3. The number of aliphatic hydroxyl groups is 1. The van der Waals surface area contributed by atoms with Crippen LogP contribution in [-0.4, -0.2) is 18.8 Å². The second-order valence-electron chi connectivity index (χ2n) is 5.33. The Hall–Kier alpha value is -1.84. The van der Waals surface area contributed by atoms with E-state index in [2.05, 4.69) is 6.07 Å². The van der Waals surface area contributed by atoms with Crippen LogP contribution >= 0.6 is 0 Å². The Balaban J connectivity index is 2.00. The van der Waals surface area contributed by atoms with Crippen molar-refractivity contribution in [1.29, 1.82) is 0 Å². The van der Waals surface area contributed by atoms with E-state index in [9.17, 15) is 5.11 Å². The van der Waals surface area contributed by atoms with Gasteiger partial charge >= 0.3 is 0 Å². The minimum Gasteiger partial charge on any atom is -0.491 e.